The minimum Gasteiger partial charge on any atom is -0.541 e. The van der Waals surface area contributed by atoms with Gasteiger partial charge in [0.2, 0.25) is 0 Å². The SMILES string of the molecule is CC[Si](CC)(CC)OC1=C(F)Cc2ccccc21. The first kappa shape index (κ1) is 13.3. The van der Waals surface area contributed by atoms with Crippen LogP contribution >= 0.6 is 0 Å². The molecule has 0 atom stereocenters. The summed E-state index contributed by atoms with van der Waals surface area (Å²) in [6.07, 6.45) is 0.396. The Morgan fingerprint density at radius 1 is 1.11 bits per heavy atom. The quantitative estimate of drug-likeness (QED) is 0.687. The van der Waals surface area contributed by atoms with Gasteiger partial charge in [-0.05, 0) is 23.7 Å². The lowest BCUT2D eigenvalue weighted by molar-refractivity contribution is 0.468. The summed E-state index contributed by atoms with van der Waals surface area (Å²) >= 11 is 0. The zero-order valence-electron chi connectivity index (χ0n) is 11.4. The molecule has 0 saturated heterocycles. The van der Waals surface area contributed by atoms with E-state index in [1.54, 1.807) is 0 Å². The Morgan fingerprint density at radius 2 is 1.72 bits per heavy atom. The Kier molecular flexibility index (Phi) is 3.90. The molecular formula is C15H21FOSi. The number of hydrogen-bond acceptors (Lipinski definition) is 1. The van der Waals surface area contributed by atoms with Crippen molar-refractivity contribution in [3.8, 4) is 0 Å². The first-order valence-corrected chi connectivity index (χ1v) is 9.34. The molecule has 0 aliphatic heterocycles. The van der Waals surface area contributed by atoms with Gasteiger partial charge in [0, 0.05) is 12.0 Å². The summed E-state index contributed by atoms with van der Waals surface area (Å²) in [5.74, 6) is 0.436. The molecule has 1 aromatic rings. The van der Waals surface area contributed by atoms with Crippen molar-refractivity contribution in [3.63, 3.8) is 0 Å². The average Bonchev–Trinajstić information content (AvgIpc) is 2.72. The number of allylic oxidation sites excluding steroid dienone is 1. The van der Waals surface area contributed by atoms with E-state index in [0.717, 1.165) is 29.3 Å². The fourth-order valence-electron chi connectivity index (χ4n) is 2.58. The summed E-state index contributed by atoms with van der Waals surface area (Å²) in [6, 6.07) is 11.0. The number of hydrogen-bond donors (Lipinski definition) is 0. The highest BCUT2D eigenvalue weighted by Crippen LogP contribution is 2.38. The Bertz CT molecular complexity index is 455. The van der Waals surface area contributed by atoms with Gasteiger partial charge in [-0.3, -0.25) is 0 Å². The van der Waals surface area contributed by atoms with Gasteiger partial charge >= 0.3 is 0 Å². The number of benzene rings is 1. The maximum atomic E-state index is 14.1. The van der Waals surface area contributed by atoms with Gasteiger partial charge in [0.05, 0.1) is 0 Å². The van der Waals surface area contributed by atoms with Crippen LogP contribution in [-0.2, 0) is 10.8 Å². The molecule has 3 heteroatoms. The summed E-state index contributed by atoms with van der Waals surface area (Å²) in [6.45, 7) is 6.50. The Hall–Kier alpha value is -1.09. The van der Waals surface area contributed by atoms with Crippen molar-refractivity contribution in [1.29, 1.82) is 0 Å². The Morgan fingerprint density at radius 3 is 2.33 bits per heavy atom. The Balaban J connectivity index is 2.32. The molecular weight excluding hydrogens is 243 g/mol. The molecule has 1 aliphatic carbocycles. The molecule has 0 saturated carbocycles. The highest BCUT2D eigenvalue weighted by molar-refractivity contribution is 6.74. The van der Waals surface area contributed by atoms with Crippen LogP contribution in [0, 0.1) is 0 Å². The topological polar surface area (TPSA) is 9.23 Å². The highest BCUT2D eigenvalue weighted by atomic mass is 28.4. The molecule has 2 rings (SSSR count). The van der Waals surface area contributed by atoms with Crippen LogP contribution in [0.3, 0.4) is 0 Å². The zero-order chi connectivity index (χ0) is 13.2. The summed E-state index contributed by atoms with van der Waals surface area (Å²) < 4.78 is 20.3. The molecule has 0 N–H and O–H groups in total. The summed E-state index contributed by atoms with van der Waals surface area (Å²) in [4.78, 5) is 0. The van der Waals surface area contributed by atoms with Crippen LogP contribution in [0.5, 0.6) is 0 Å². The molecule has 98 valence electrons. The lowest BCUT2D eigenvalue weighted by atomic mass is 10.1. The van der Waals surface area contributed by atoms with Crippen LogP contribution in [0.4, 0.5) is 4.39 Å². The first-order valence-electron chi connectivity index (χ1n) is 6.81. The van der Waals surface area contributed by atoms with E-state index in [1.165, 1.54) is 0 Å². The molecule has 18 heavy (non-hydrogen) atoms. The first-order chi connectivity index (χ1) is 8.65. The predicted octanol–water partition coefficient (Wildman–Crippen LogP) is 4.90. The molecule has 0 heterocycles. The summed E-state index contributed by atoms with van der Waals surface area (Å²) in [7, 11) is -1.79. The van der Waals surface area contributed by atoms with Gasteiger partial charge in [-0.15, -0.1) is 0 Å². The maximum absolute atomic E-state index is 14.1. The van der Waals surface area contributed by atoms with Gasteiger partial charge < -0.3 is 4.43 Å². The van der Waals surface area contributed by atoms with Crippen molar-refractivity contribution in [2.45, 2.75) is 45.3 Å². The third-order valence-electron chi connectivity index (χ3n) is 4.11. The highest BCUT2D eigenvalue weighted by Gasteiger charge is 2.35. The van der Waals surface area contributed by atoms with Crippen LogP contribution in [-0.4, -0.2) is 8.32 Å². The van der Waals surface area contributed by atoms with Crippen LogP contribution in [0.1, 0.15) is 31.9 Å². The fourth-order valence-corrected chi connectivity index (χ4v) is 5.17. The predicted molar refractivity (Wildman–Crippen MR) is 76.5 cm³/mol. The van der Waals surface area contributed by atoms with Crippen LogP contribution in [0.25, 0.3) is 5.76 Å². The van der Waals surface area contributed by atoms with E-state index >= 15 is 0 Å². The summed E-state index contributed by atoms with van der Waals surface area (Å²) in [5.41, 5.74) is 2.01. The fraction of sp³-hybridized carbons (Fsp3) is 0.467. The molecule has 0 fully saturated rings. The van der Waals surface area contributed by atoms with Gasteiger partial charge in [0.25, 0.3) is 8.32 Å². The van der Waals surface area contributed by atoms with Crippen molar-refractivity contribution >= 4 is 14.1 Å². The van der Waals surface area contributed by atoms with E-state index < -0.39 is 8.32 Å². The van der Waals surface area contributed by atoms with E-state index in [4.69, 9.17) is 4.43 Å². The van der Waals surface area contributed by atoms with Gasteiger partial charge in [-0.1, -0.05) is 45.0 Å². The van der Waals surface area contributed by atoms with Crippen LogP contribution in [0.2, 0.25) is 18.1 Å². The lowest BCUT2D eigenvalue weighted by Crippen LogP contribution is -2.35. The third-order valence-corrected chi connectivity index (χ3v) is 8.61. The van der Waals surface area contributed by atoms with Crippen molar-refractivity contribution in [2.75, 3.05) is 0 Å². The second-order valence-corrected chi connectivity index (χ2v) is 9.61. The number of fused-ring (bicyclic) bond motifs is 1. The van der Waals surface area contributed by atoms with Crippen molar-refractivity contribution in [3.05, 3.63) is 41.2 Å². The Labute approximate surface area is 110 Å². The second kappa shape index (κ2) is 5.27. The molecule has 0 spiro atoms. The number of rotatable bonds is 5. The average molecular weight is 264 g/mol. The molecule has 1 aromatic carbocycles. The van der Waals surface area contributed by atoms with Gasteiger partial charge in [0.1, 0.15) is 11.6 Å². The largest absolute Gasteiger partial charge is 0.541 e. The zero-order valence-corrected chi connectivity index (χ0v) is 12.4. The molecule has 0 amide bonds. The van der Waals surface area contributed by atoms with Crippen molar-refractivity contribution < 1.29 is 8.82 Å². The number of halogens is 1. The van der Waals surface area contributed by atoms with Crippen molar-refractivity contribution in [1.82, 2.24) is 0 Å². The van der Waals surface area contributed by atoms with E-state index in [-0.39, 0.29) is 5.83 Å². The lowest BCUT2D eigenvalue weighted by Gasteiger charge is -2.30. The third kappa shape index (κ3) is 2.24. The minimum atomic E-state index is -1.79. The smallest absolute Gasteiger partial charge is 0.250 e. The molecule has 1 nitrogen and oxygen atoms in total. The molecule has 0 aromatic heterocycles. The van der Waals surface area contributed by atoms with E-state index in [1.807, 2.05) is 24.3 Å². The van der Waals surface area contributed by atoms with Gasteiger partial charge in [0.15, 0.2) is 0 Å². The second-order valence-electron chi connectivity index (χ2n) is 4.91. The normalized spacial score (nSPS) is 14.9. The molecule has 0 radical (unpaired) electrons. The minimum absolute atomic E-state index is 0.0941. The van der Waals surface area contributed by atoms with E-state index in [2.05, 4.69) is 20.8 Å². The van der Waals surface area contributed by atoms with Crippen molar-refractivity contribution in [2.24, 2.45) is 0 Å². The van der Waals surface area contributed by atoms with Crippen LogP contribution < -0.4 is 0 Å². The monoisotopic (exact) mass is 264 g/mol. The molecule has 0 bridgehead atoms. The summed E-state index contributed by atoms with van der Waals surface area (Å²) in [5, 5.41) is 0. The standard InChI is InChI=1S/C15H21FOSi/c1-4-18(5-2,6-3)17-15-13-10-8-7-9-12(13)11-14(15)16/h7-10H,4-6,11H2,1-3H3. The van der Waals surface area contributed by atoms with E-state index in [0.29, 0.717) is 12.2 Å². The molecule has 1 aliphatic rings. The van der Waals surface area contributed by atoms with Gasteiger partial charge in [-0.2, -0.15) is 0 Å². The maximum Gasteiger partial charge on any atom is 0.250 e. The van der Waals surface area contributed by atoms with Crippen LogP contribution in [0.15, 0.2) is 30.1 Å². The van der Waals surface area contributed by atoms with Gasteiger partial charge in [-0.25, -0.2) is 4.39 Å². The molecule has 0 unspecified atom stereocenters. The van der Waals surface area contributed by atoms with E-state index in [9.17, 15) is 4.39 Å².